The average molecular weight is 417 g/mol. The van der Waals surface area contributed by atoms with Crippen molar-refractivity contribution in [2.45, 2.75) is 111 Å². The zero-order valence-corrected chi connectivity index (χ0v) is 20.4. The molecule has 8 atom stereocenters. The molecule has 0 spiro atoms. The summed E-state index contributed by atoms with van der Waals surface area (Å²) in [6, 6.07) is 0. The third-order valence-corrected chi connectivity index (χ3v) is 10.7. The van der Waals surface area contributed by atoms with Gasteiger partial charge in [-0.2, -0.15) is 0 Å². The second-order valence-electron chi connectivity index (χ2n) is 12.6. The van der Waals surface area contributed by atoms with E-state index < -0.39 is 0 Å². The second-order valence-corrected chi connectivity index (χ2v) is 12.6. The van der Waals surface area contributed by atoms with Gasteiger partial charge in [0, 0.05) is 6.61 Å². The molecule has 2 N–H and O–H groups in total. The van der Waals surface area contributed by atoms with Crippen LogP contribution in [0.3, 0.4) is 0 Å². The van der Waals surface area contributed by atoms with Crippen LogP contribution >= 0.6 is 0 Å². The molecule has 0 heterocycles. The quantitative estimate of drug-likeness (QED) is 0.470. The highest BCUT2D eigenvalue weighted by molar-refractivity contribution is 5.35. The molecule has 2 fully saturated rings. The van der Waals surface area contributed by atoms with E-state index in [0.29, 0.717) is 11.3 Å². The number of aliphatic hydroxyl groups excluding tert-OH is 2. The van der Waals surface area contributed by atoms with Gasteiger partial charge in [0.1, 0.15) is 0 Å². The average Bonchev–Trinajstić information content (AvgIpc) is 3.05. The van der Waals surface area contributed by atoms with Crippen molar-refractivity contribution in [2.75, 3.05) is 6.61 Å². The predicted octanol–water partition coefficient (Wildman–Crippen LogP) is 6.75. The predicted molar refractivity (Wildman–Crippen MR) is 125 cm³/mol. The Labute approximate surface area is 185 Å². The maximum Gasteiger partial charge on any atom is 0.0547 e. The largest absolute Gasteiger partial charge is 0.396 e. The molecule has 4 rings (SSSR count). The van der Waals surface area contributed by atoms with Crippen LogP contribution in [-0.4, -0.2) is 22.9 Å². The fourth-order valence-corrected chi connectivity index (χ4v) is 8.97. The summed E-state index contributed by atoms with van der Waals surface area (Å²) >= 11 is 0. The van der Waals surface area contributed by atoms with Gasteiger partial charge in [-0.15, -0.1) is 0 Å². The van der Waals surface area contributed by atoms with Gasteiger partial charge < -0.3 is 10.2 Å². The number of aliphatic hydroxyl groups is 2. The molecular formula is C28H48O2. The van der Waals surface area contributed by atoms with Crippen molar-refractivity contribution in [3.05, 3.63) is 11.1 Å². The molecule has 0 amide bonds. The normalized spacial score (nSPS) is 44.6. The Hall–Kier alpha value is -0.340. The van der Waals surface area contributed by atoms with Gasteiger partial charge in [-0.25, -0.2) is 0 Å². The van der Waals surface area contributed by atoms with Gasteiger partial charge in [0.05, 0.1) is 6.10 Å². The van der Waals surface area contributed by atoms with Crippen LogP contribution in [0, 0.1) is 46.3 Å². The molecule has 0 aromatic rings. The zero-order valence-electron chi connectivity index (χ0n) is 20.4. The third kappa shape index (κ3) is 3.62. The van der Waals surface area contributed by atoms with Gasteiger partial charge in [0.15, 0.2) is 0 Å². The summed E-state index contributed by atoms with van der Waals surface area (Å²) in [5, 5.41) is 20.7. The van der Waals surface area contributed by atoms with Crippen LogP contribution in [0.4, 0.5) is 0 Å². The van der Waals surface area contributed by atoms with Crippen molar-refractivity contribution in [1.29, 1.82) is 0 Å². The minimum atomic E-state index is -0.209. The summed E-state index contributed by atoms with van der Waals surface area (Å²) in [6.45, 7) is 12.6. The van der Waals surface area contributed by atoms with Gasteiger partial charge in [-0.05, 0) is 97.7 Å². The second kappa shape index (κ2) is 8.54. The molecule has 1 unspecified atom stereocenters. The zero-order chi connectivity index (χ0) is 21.7. The van der Waals surface area contributed by atoms with Crippen LogP contribution in [-0.2, 0) is 0 Å². The lowest BCUT2D eigenvalue weighted by molar-refractivity contribution is -0.0491. The van der Waals surface area contributed by atoms with Crippen LogP contribution in [0.15, 0.2) is 11.1 Å². The molecule has 0 aliphatic heterocycles. The van der Waals surface area contributed by atoms with Crippen molar-refractivity contribution in [3.8, 4) is 0 Å². The highest BCUT2D eigenvalue weighted by atomic mass is 16.3. The first-order chi connectivity index (χ1) is 14.2. The summed E-state index contributed by atoms with van der Waals surface area (Å²) in [5.41, 5.74) is 4.17. The van der Waals surface area contributed by atoms with E-state index in [1.165, 1.54) is 57.8 Å². The van der Waals surface area contributed by atoms with E-state index in [1.54, 1.807) is 5.57 Å². The topological polar surface area (TPSA) is 40.5 Å². The molecule has 172 valence electrons. The Balaban J connectivity index is 1.57. The summed E-state index contributed by atoms with van der Waals surface area (Å²) in [6.07, 6.45) is 13.6. The van der Waals surface area contributed by atoms with E-state index in [9.17, 15) is 10.2 Å². The Bertz CT molecular complexity index is 651. The molecule has 0 aromatic heterocycles. The van der Waals surface area contributed by atoms with Gasteiger partial charge in [-0.3, -0.25) is 0 Å². The molecule has 2 nitrogen and oxygen atoms in total. The van der Waals surface area contributed by atoms with E-state index in [-0.39, 0.29) is 24.0 Å². The molecule has 4 aliphatic carbocycles. The number of hydrogen-bond donors (Lipinski definition) is 2. The van der Waals surface area contributed by atoms with E-state index in [2.05, 4.69) is 34.6 Å². The van der Waals surface area contributed by atoms with Crippen LogP contribution < -0.4 is 0 Å². The number of hydrogen-bond acceptors (Lipinski definition) is 2. The fraction of sp³-hybridized carbons (Fsp3) is 0.929. The molecular weight excluding hydrogens is 368 g/mol. The highest BCUT2D eigenvalue weighted by Crippen LogP contribution is 2.66. The number of rotatable bonds is 6. The van der Waals surface area contributed by atoms with E-state index in [4.69, 9.17) is 0 Å². The summed E-state index contributed by atoms with van der Waals surface area (Å²) in [7, 11) is 0. The van der Waals surface area contributed by atoms with Crippen LogP contribution in [0.25, 0.3) is 0 Å². The minimum absolute atomic E-state index is 0.129. The molecule has 4 aliphatic rings. The van der Waals surface area contributed by atoms with E-state index in [1.807, 2.05) is 5.57 Å². The number of allylic oxidation sites excluding steroid dienone is 2. The van der Waals surface area contributed by atoms with Crippen molar-refractivity contribution in [3.63, 3.8) is 0 Å². The maximum absolute atomic E-state index is 10.4. The molecule has 0 aromatic carbocycles. The molecule has 0 radical (unpaired) electrons. The SMILES string of the molecule is CC(C)CCC[C@@H](C)[C@H]1CC[C@H]2C3=C(CC[C@]12C)[C@@]1(C)C(CO)C[C@H](O)C[C@@H]1CC3. The minimum Gasteiger partial charge on any atom is -0.396 e. The van der Waals surface area contributed by atoms with Crippen LogP contribution in [0.1, 0.15) is 105 Å². The molecule has 0 saturated heterocycles. The lowest BCUT2D eigenvalue weighted by atomic mass is 9.48. The summed E-state index contributed by atoms with van der Waals surface area (Å²) < 4.78 is 0. The monoisotopic (exact) mass is 416 g/mol. The summed E-state index contributed by atoms with van der Waals surface area (Å²) in [4.78, 5) is 0. The van der Waals surface area contributed by atoms with Gasteiger partial charge >= 0.3 is 0 Å². The highest BCUT2D eigenvalue weighted by Gasteiger charge is 2.57. The third-order valence-electron chi connectivity index (χ3n) is 10.7. The molecule has 0 bridgehead atoms. The Morgan fingerprint density at radius 1 is 1.00 bits per heavy atom. The Kier molecular flexibility index (Phi) is 6.50. The Morgan fingerprint density at radius 3 is 2.47 bits per heavy atom. The van der Waals surface area contributed by atoms with E-state index in [0.717, 1.165) is 36.5 Å². The first-order valence-electron chi connectivity index (χ1n) is 13.2. The van der Waals surface area contributed by atoms with Crippen molar-refractivity contribution >= 4 is 0 Å². The Morgan fingerprint density at radius 2 is 1.77 bits per heavy atom. The standard InChI is InChI=1S/C28H48O2/c1-18(2)7-6-8-19(3)24-11-12-25-23-10-9-20-15-22(30)16-21(17-29)28(20,5)26(23)13-14-27(24,25)4/h18-22,24-25,29-30H,6-17H2,1-5H3/t19-,20+,21?,22-,24-,25+,27-,28-/m1/s1. The maximum atomic E-state index is 10.4. The van der Waals surface area contributed by atoms with Crippen LogP contribution in [0.2, 0.25) is 0 Å². The van der Waals surface area contributed by atoms with E-state index >= 15 is 0 Å². The first kappa shape index (κ1) is 22.8. The van der Waals surface area contributed by atoms with Gasteiger partial charge in [0.25, 0.3) is 0 Å². The number of fused-ring (bicyclic) bond motifs is 4. The molecule has 2 heteroatoms. The van der Waals surface area contributed by atoms with Crippen molar-refractivity contribution < 1.29 is 10.2 Å². The van der Waals surface area contributed by atoms with Gasteiger partial charge in [0.2, 0.25) is 0 Å². The lowest BCUT2D eigenvalue weighted by Gasteiger charge is -2.57. The van der Waals surface area contributed by atoms with Crippen LogP contribution in [0.5, 0.6) is 0 Å². The smallest absolute Gasteiger partial charge is 0.0547 e. The first-order valence-corrected chi connectivity index (χ1v) is 13.2. The molecule has 30 heavy (non-hydrogen) atoms. The summed E-state index contributed by atoms with van der Waals surface area (Å²) in [5.74, 6) is 4.15. The van der Waals surface area contributed by atoms with Crippen molar-refractivity contribution in [1.82, 2.24) is 0 Å². The molecule has 2 saturated carbocycles. The lowest BCUT2D eigenvalue weighted by Crippen LogP contribution is -2.51. The van der Waals surface area contributed by atoms with Gasteiger partial charge in [-0.1, -0.05) is 65.0 Å². The van der Waals surface area contributed by atoms with Crippen molar-refractivity contribution in [2.24, 2.45) is 46.3 Å². The fourth-order valence-electron chi connectivity index (χ4n) is 8.97.